The average molecular weight is 338 g/mol. The van der Waals surface area contributed by atoms with E-state index < -0.39 is 0 Å². The zero-order valence-corrected chi connectivity index (χ0v) is 13.8. The van der Waals surface area contributed by atoms with Crippen LogP contribution >= 0.6 is 0 Å². The van der Waals surface area contributed by atoms with Crippen LogP contribution in [0, 0.1) is 23.6 Å². The van der Waals surface area contributed by atoms with Gasteiger partial charge in [-0.1, -0.05) is 29.4 Å². The summed E-state index contributed by atoms with van der Waals surface area (Å²) >= 11 is 0. The van der Waals surface area contributed by atoms with Gasteiger partial charge < -0.3 is 9.42 Å². The molecule has 0 saturated heterocycles. The van der Waals surface area contributed by atoms with Gasteiger partial charge in [0.1, 0.15) is 17.3 Å². The van der Waals surface area contributed by atoms with Gasteiger partial charge >= 0.3 is 0 Å². The number of amides is 1. The summed E-state index contributed by atoms with van der Waals surface area (Å²) in [5.41, 5.74) is 2.27. The fourth-order valence-corrected chi connectivity index (χ4v) is 4.56. The maximum Gasteiger partial charge on any atom is 0.226 e. The van der Waals surface area contributed by atoms with Crippen molar-refractivity contribution in [3.63, 3.8) is 0 Å². The molecular weight excluding hydrogens is 319 g/mol. The van der Waals surface area contributed by atoms with E-state index in [-0.39, 0.29) is 17.6 Å². The van der Waals surface area contributed by atoms with Gasteiger partial charge in [0.05, 0.1) is 6.54 Å². The number of halogens is 1. The SMILES string of the molecule is O=C([C@H]1C[C@@H]2C=C[C@H]1C2)N1CCc2onc(-c3cccc(F)c3)c2C1. The number of aromatic nitrogens is 1. The molecule has 2 bridgehead atoms. The molecule has 2 aliphatic carbocycles. The second-order valence-corrected chi connectivity index (χ2v) is 7.34. The third-order valence-electron chi connectivity index (χ3n) is 5.83. The summed E-state index contributed by atoms with van der Waals surface area (Å²) in [6, 6.07) is 6.36. The largest absolute Gasteiger partial charge is 0.360 e. The van der Waals surface area contributed by atoms with Crippen molar-refractivity contribution in [3.05, 3.63) is 53.6 Å². The maximum atomic E-state index is 13.6. The fourth-order valence-electron chi connectivity index (χ4n) is 4.56. The summed E-state index contributed by atoms with van der Waals surface area (Å²) in [6.45, 7) is 1.17. The lowest BCUT2D eigenvalue weighted by Crippen LogP contribution is -2.40. The Morgan fingerprint density at radius 3 is 2.96 bits per heavy atom. The highest BCUT2D eigenvalue weighted by Crippen LogP contribution is 2.44. The highest BCUT2D eigenvalue weighted by molar-refractivity contribution is 5.81. The van der Waals surface area contributed by atoms with Crippen molar-refractivity contribution >= 4 is 5.91 Å². The molecule has 0 spiro atoms. The molecule has 2 heterocycles. The number of fused-ring (bicyclic) bond motifs is 3. The van der Waals surface area contributed by atoms with E-state index in [0.29, 0.717) is 42.6 Å². The molecule has 2 aromatic rings. The van der Waals surface area contributed by atoms with Gasteiger partial charge in [-0.2, -0.15) is 0 Å². The van der Waals surface area contributed by atoms with E-state index in [1.165, 1.54) is 12.1 Å². The first-order valence-corrected chi connectivity index (χ1v) is 8.89. The number of nitrogens with zero attached hydrogens (tertiary/aromatic N) is 2. The molecule has 1 fully saturated rings. The molecule has 1 amide bonds. The number of hydrogen-bond donors (Lipinski definition) is 0. The summed E-state index contributed by atoms with van der Waals surface area (Å²) < 4.78 is 19.0. The van der Waals surface area contributed by atoms with E-state index >= 15 is 0 Å². The zero-order valence-electron chi connectivity index (χ0n) is 13.8. The third-order valence-corrected chi connectivity index (χ3v) is 5.83. The first-order valence-electron chi connectivity index (χ1n) is 8.89. The summed E-state index contributed by atoms with van der Waals surface area (Å²) in [4.78, 5) is 14.9. The van der Waals surface area contributed by atoms with Gasteiger partial charge in [0.25, 0.3) is 0 Å². The van der Waals surface area contributed by atoms with Crippen molar-refractivity contribution in [1.82, 2.24) is 10.1 Å². The Morgan fingerprint density at radius 2 is 2.20 bits per heavy atom. The lowest BCUT2D eigenvalue weighted by atomic mass is 9.91. The van der Waals surface area contributed by atoms with Gasteiger partial charge in [-0.05, 0) is 36.8 Å². The van der Waals surface area contributed by atoms with E-state index in [4.69, 9.17) is 4.52 Å². The van der Waals surface area contributed by atoms with Gasteiger partial charge in [0, 0.05) is 30.0 Å². The predicted molar refractivity (Wildman–Crippen MR) is 89.9 cm³/mol. The molecule has 3 atom stereocenters. The number of rotatable bonds is 2. The fraction of sp³-hybridized carbons (Fsp3) is 0.400. The van der Waals surface area contributed by atoms with Crippen LogP contribution in [0.4, 0.5) is 4.39 Å². The van der Waals surface area contributed by atoms with Gasteiger partial charge in [-0.15, -0.1) is 0 Å². The highest BCUT2D eigenvalue weighted by atomic mass is 19.1. The van der Waals surface area contributed by atoms with Crippen molar-refractivity contribution in [2.75, 3.05) is 6.54 Å². The third kappa shape index (κ3) is 2.41. The van der Waals surface area contributed by atoms with Crippen LogP contribution in [0.15, 0.2) is 40.9 Å². The number of hydrogen-bond acceptors (Lipinski definition) is 3. The average Bonchev–Trinajstić information content (AvgIpc) is 3.35. The van der Waals surface area contributed by atoms with Crippen LogP contribution in [0.25, 0.3) is 11.3 Å². The summed E-state index contributed by atoms with van der Waals surface area (Å²) in [5.74, 6) is 1.87. The molecule has 1 aliphatic heterocycles. The van der Waals surface area contributed by atoms with Crippen LogP contribution in [0.1, 0.15) is 24.2 Å². The molecular formula is C20H19FN2O2. The van der Waals surface area contributed by atoms with Crippen LogP contribution < -0.4 is 0 Å². The summed E-state index contributed by atoms with van der Waals surface area (Å²) in [7, 11) is 0. The Bertz CT molecular complexity index is 872. The van der Waals surface area contributed by atoms with Gasteiger partial charge in [0.15, 0.2) is 0 Å². The first kappa shape index (κ1) is 14.9. The molecule has 0 radical (unpaired) electrons. The topological polar surface area (TPSA) is 46.3 Å². The van der Waals surface area contributed by atoms with Crippen molar-refractivity contribution < 1.29 is 13.7 Å². The lowest BCUT2D eigenvalue weighted by Gasteiger charge is -2.30. The van der Waals surface area contributed by atoms with Crippen molar-refractivity contribution in [3.8, 4) is 11.3 Å². The molecule has 4 nitrogen and oxygen atoms in total. The first-order chi connectivity index (χ1) is 12.2. The van der Waals surface area contributed by atoms with Gasteiger partial charge in [-0.3, -0.25) is 4.79 Å². The maximum absolute atomic E-state index is 13.6. The normalized spacial score (nSPS) is 26.9. The molecule has 0 N–H and O–H groups in total. The summed E-state index contributed by atoms with van der Waals surface area (Å²) in [5, 5.41) is 4.15. The Labute approximate surface area is 145 Å². The van der Waals surface area contributed by atoms with Crippen LogP contribution in [0.3, 0.4) is 0 Å². The van der Waals surface area contributed by atoms with Crippen LogP contribution in [0.5, 0.6) is 0 Å². The minimum Gasteiger partial charge on any atom is -0.360 e. The molecule has 3 aliphatic rings. The molecule has 5 rings (SSSR count). The highest BCUT2D eigenvalue weighted by Gasteiger charge is 2.42. The molecule has 25 heavy (non-hydrogen) atoms. The molecule has 1 aromatic heterocycles. The zero-order chi connectivity index (χ0) is 17.0. The monoisotopic (exact) mass is 338 g/mol. The van der Waals surface area contributed by atoms with Crippen molar-refractivity contribution in [2.45, 2.75) is 25.8 Å². The molecule has 0 unspecified atom stereocenters. The smallest absolute Gasteiger partial charge is 0.226 e. The standard InChI is InChI=1S/C20H19FN2O2/c21-15-3-1-2-14(10-15)19-17-11-23(7-6-18(17)25-22-19)20(24)16-9-12-4-5-13(16)8-12/h1-5,10,12-13,16H,6-9,11H2/t12-,13+,16+/m1/s1. The quantitative estimate of drug-likeness (QED) is 0.786. The van der Waals surface area contributed by atoms with Crippen LogP contribution in [-0.4, -0.2) is 22.5 Å². The minimum atomic E-state index is -0.299. The van der Waals surface area contributed by atoms with E-state index in [2.05, 4.69) is 17.3 Å². The van der Waals surface area contributed by atoms with E-state index in [1.807, 2.05) is 11.0 Å². The second kappa shape index (κ2) is 5.55. The number of carbonyl (C=O) groups is 1. The number of carbonyl (C=O) groups excluding carboxylic acids is 1. The van der Waals surface area contributed by atoms with E-state index in [9.17, 15) is 9.18 Å². The Kier molecular flexibility index (Phi) is 3.30. The second-order valence-electron chi connectivity index (χ2n) is 7.34. The van der Waals surface area contributed by atoms with Crippen molar-refractivity contribution in [1.29, 1.82) is 0 Å². The molecule has 128 valence electrons. The summed E-state index contributed by atoms with van der Waals surface area (Å²) in [6.07, 6.45) is 7.23. The lowest BCUT2D eigenvalue weighted by molar-refractivity contribution is -0.137. The molecule has 5 heteroatoms. The minimum absolute atomic E-state index is 0.119. The Balaban J connectivity index is 1.42. The molecule has 1 saturated carbocycles. The van der Waals surface area contributed by atoms with E-state index in [1.54, 1.807) is 6.07 Å². The van der Waals surface area contributed by atoms with Crippen molar-refractivity contribution in [2.24, 2.45) is 17.8 Å². The number of allylic oxidation sites excluding steroid dienone is 2. The van der Waals surface area contributed by atoms with E-state index in [0.717, 1.165) is 24.2 Å². The Morgan fingerprint density at radius 1 is 1.28 bits per heavy atom. The van der Waals surface area contributed by atoms with Crippen LogP contribution in [0.2, 0.25) is 0 Å². The number of benzene rings is 1. The molecule has 1 aromatic carbocycles. The predicted octanol–water partition coefficient (Wildman–Crippen LogP) is 3.58. The van der Waals surface area contributed by atoms with Crippen LogP contribution in [-0.2, 0) is 17.8 Å². The Hall–Kier alpha value is -2.43. The van der Waals surface area contributed by atoms with Gasteiger partial charge in [0.2, 0.25) is 5.91 Å². The van der Waals surface area contributed by atoms with Gasteiger partial charge in [-0.25, -0.2) is 4.39 Å².